The number of rotatable bonds is 13. The summed E-state index contributed by atoms with van der Waals surface area (Å²) in [5.74, 6) is 0. The molecule has 5 heteroatoms. The summed E-state index contributed by atoms with van der Waals surface area (Å²) in [6, 6.07) is 0. The van der Waals surface area contributed by atoms with Crippen LogP contribution in [0.4, 0.5) is 0 Å². The van der Waals surface area contributed by atoms with Crippen LogP contribution in [0, 0.1) is 0 Å². The number of aliphatic hydroxyl groups excluding tert-OH is 2. The minimum absolute atomic E-state index is 0. The van der Waals surface area contributed by atoms with Crippen molar-refractivity contribution in [3.05, 3.63) is 18.7 Å². The van der Waals surface area contributed by atoms with Gasteiger partial charge in [0.1, 0.15) is 25.5 Å². The minimum atomic E-state index is -0.264. The number of unbranched alkanes of at least 4 members (excludes halogenated alkanes) is 7. The molecule has 22 heavy (non-hydrogen) atoms. The van der Waals surface area contributed by atoms with Crippen molar-refractivity contribution in [3.63, 3.8) is 0 Å². The quantitative estimate of drug-likeness (QED) is 0.365. The Bertz CT molecular complexity index is 358. The van der Waals surface area contributed by atoms with Crippen molar-refractivity contribution >= 4 is 0 Å². The van der Waals surface area contributed by atoms with Gasteiger partial charge in [0.25, 0.3) is 0 Å². The van der Waals surface area contributed by atoms with E-state index in [1.165, 1.54) is 44.9 Å². The lowest BCUT2D eigenvalue weighted by Crippen LogP contribution is -3.00. The topological polar surface area (TPSA) is 49.3 Å². The molecule has 0 spiro atoms. The van der Waals surface area contributed by atoms with Crippen molar-refractivity contribution in [2.75, 3.05) is 6.61 Å². The first-order chi connectivity index (χ1) is 10.3. The molecular formula is C17H33BrN2O2. The monoisotopic (exact) mass is 376 g/mol. The standard InChI is InChI=1S/C17H33N2O2.BrH/c1-2-3-4-5-6-7-8-9-10-17(21)15-19-12-11-18(16-19)13-14-20;/h11-12,16-17,20-21H,2-10,13-15H2,1H3;1H/q+1;/p-1. The summed E-state index contributed by atoms with van der Waals surface area (Å²) in [5, 5.41) is 18.9. The van der Waals surface area contributed by atoms with E-state index in [0.29, 0.717) is 13.1 Å². The van der Waals surface area contributed by atoms with Crippen LogP contribution in [-0.2, 0) is 13.1 Å². The van der Waals surface area contributed by atoms with Crippen LogP contribution in [0.5, 0.6) is 0 Å². The zero-order chi connectivity index (χ0) is 15.3. The summed E-state index contributed by atoms with van der Waals surface area (Å²) < 4.78 is 3.92. The third-order valence-electron chi connectivity index (χ3n) is 3.92. The maximum absolute atomic E-state index is 10.0. The van der Waals surface area contributed by atoms with Gasteiger partial charge < -0.3 is 27.2 Å². The van der Waals surface area contributed by atoms with Crippen LogP contribution in [-0.4, -0.2) is 27.5 Å². The second-order valence-electron chi connectivity index (χ2n) is 5.99. The van der Waals surface area contributed by atoms with Crippen LogP contribution < -0.4 is 21.5 Å². The molecule has 0 aliphatic heterocycles. The van der Waals surface area contributed by atoms with E-state index in [1.54, 1.807) is 0 Å². The van der Waals surface area contributed by atoms with Gasteiger partial charge in [0.15, 0.2) is 0 Å². The summed E-state index contributed by atoms with van der Waals surface area (Å²) in [6.45, 7) is 3.66. The second-order valence-corrected chi connectivity index (χ2v) is 5.99. The fourth-order valence-electron chi connectivity index (χ4n) is 2.64. The highest BCUT2D eigenvalue weighted by atomic mass is 79.9. The molecule has 1 rings (SSSR count). The van der Waals surface area contributed by atoms with Crippen LogP contribution >= 0.6 is 0 Å². The van der Waals surface area contributed by atoms with E-state index in [4.69, 9.17) is 5.11 Å². The number of aromatic nitrogens is 2. The SMILES string of the molecule is CCCCCCCCCCC(O)C[n+]1ccn(CCO)c1.[Br-]. The van der Waals surface area contributed by atoms with Gasteiger partial charge in [0, 0.05) is 0 Å². The first-order valence-corrected chi connectivity index (χ1v) is 8.60. The highest BCUT2D eigenvalue weighted by Crippen LogP contribution is 2.10. The van der Waals surface area contributed by atoms with Crippen molar-refractivity contribution in [1.29, 1.82) is 0 Å². The molecular weight excluding hydrogens is 344 g/mol. The van der Waals surface area contributed by atoms with Crippen LogP contribution in [0.3, 0.4) is 0 Å². The Morgan fingerprint density at radius 3 is 2.32 bits per heavy atom. The average molecular weight is 377 g/mol. The van der Waals surface area contributed by atoms with Gasteiger partial charge in [-0.1, -0.05) is 58.3 Å². The van der Waals surface area contributed by atoms with Crippen molar-refractivity contribution in [2.45, 2.75) is 83.9 Å². The lowest BCUT2D eigenvalue weighted by atomic mass is 10.1. The Hall–Kier alpha value is -0.390. The lowest BCUT2D eigenvalue weighted by molar-refractivity contribution is -0.703. The van der Waals surface area contributed by atoms with E-state index in [0.717, 1.165) is 12.8 Å². The summed E-state index contributed by atoms with van der Waals surface area (Å²) in [6.07, 6.45) is 16.9. The Labute approximate surface area is 145 Å². The molecule has 1 aromatic heterocycles. The predicted octanol–water partition coefficient (Wildman–Crippen LogP) is -0.336. The first kappa shape index (κ1) is 21.6. The van der Waals surface area contributed by atoms with Crippen LogP contribution in [0.25, 0.3) is 0 Å². The third-order valence-corrected chi connectivity index (χ3v) is 3.92. The van der Waals surface area contributed by atoms with Gasteiger partial charge in [-0.3, -0.25) is 0 Å². The Morgan fingerprint density at radius 1 is 1.05 bits per heavy atom. The molecule has 1 atom stereocenters. The van der Waals surface area contributed by atoms with Gasteiger partial charge in [-0.25, -0.2) is 9.13 Å². The summed E-state index contributed by atoms with van der Waals surface area (Å²) in [5.41, 5.74) is 0. The van der Waals surface area contributed by atoms with Crippen molar-refractivity contribution < 1.29 is 31.8 Å². The maximum atomic E-state index is 10.0. The van der Waals surface area contributed by atoms with Gasteiger partial charge in [-0.05, 0) is 6.42 Å². The highest BCUT2D eigenvalue weighted by molar-refractivity contribution is 4.66. The van der Waals surface area contributed by atoms with E-state index in [2.05, 4.69) is 6.92 Å². The molecule has 0 radical (unpaired) electrons. The molecule has 2 N–H and O–H groups in total. The predicted molar refractivity (Wildman–Crippen MR) is 84.9 cm³/mol. The number of hydrogen-bond donors (Lipinski definition) is 2. The molecule has 1 aromatic rings. The Kier molecular flexibility index (Phi) is 14.0. The van der Waals surface area contributed by atoms with E-state index in [1.807, 2.05) is 27.9 Å². The molecule has 4 nitrogen and oxygen atoms in total. The Morgan fingerprint density at radius 2 is 1.68 bits per heavy atom. The van der Waals surface area contributed by atoms with Gasteiger partial charge in [0.2, 0.25) is 6.33 Å². The number of aliphatic hydroxyl groups is 2. The number of imidazole rings is 1. The van der Waals surface area contributed by atoms with Gasteiger partial charge >= 0.3 is 0 Å². The van der Waals surface area contributed by atoms with E-state index >= 15 is 0 Å². The van der Waals surface area contributed by atoms with E-state index in [-0.39, 0.29) is 29.7 Å². The molecule has 0 aliphatic carbocycles. The zero-order valence-electron chi connectivity index (χ0n) is 14.0. The number of nitrogens with zero attached hydrogens (tertiary/aromatic N) is 2. The zero-order valence-corrected chi connectivity index (χ0v) is 15.5. The number of hydrogen-bond acceptors (Lipinski definition) is 2. The Balaban J connectivity index is 0.00000441. The second kappa shape index (κ2) is 14.2. The first-order valence-electron chi connectivity index (χ1n) is 8.60. The maximum Gasteiger partial charge on any atom is 0.243 e. The normalized spacial score (nSPS) is 12.1. The molecule has 0 bridgehead atoms. The van der Waals surface area contributed by atoms with Gasteiger partial charge in [-0.15, -0.1) is 0 Å². The summed E-state index contributed by atoms with van der Waals surface area (Å²) in [4.78, 5) is 0. The minimum Gasteiger partial charge on any atom is -1.00 e. The van der Waals surface area contributed by atoms with Gasteiger partial charge in [0.05, 0.1) is 12.7 Å². The van der Waals surface area contributed by atoms with Crippen molar-refractivity contribution in [2.24, 2.45) is 0 Å². The van der Waals surface area contributed by atoms with Crippen molar-refractivity contribution in [3.8, 4) is 0 Å². The molecule has 0 aliphatic rings. The van der Waals surface area contributed by atoms with Crippen LogP contribution in [0.2, 0.25) is 0 Å². The van der Waals surface area contributed by atoms with E-state index in [9.17, 15) is 5.11 Å². The summed E-state index contributed by atoms with van der Waals surface area (Å²) in [7, 11) is 0. The molecule has 130 valence electrons. The largest absolute Gasteiger partial charge is 1.00 e. The molecule has 1 heterocycles. The van der Waals surface area contributed by atoms with Crippen LogP contribution in [0.1, 0.15) is 64.7 Å². The number of halogens is 1. The highest BCUT2D eigenvalue weighted by Gasteiger charge is 2.10. The third kappa shape index (κ3) is 10.4. The fourth-order valence-corrected chi connectivity index (χ4v) is 2.64. The molecule has 0 saturated heterocycles. The smallest absolute Gasteiger partial charge is 0.243 e. The molecule has 1 unspecified atom stereocenters. The molecule has 0 fully saturated rings. The van der Waals surface area contributed by atoms with Gasteiger partial charge in [-0.2, -0.15) is 0 Å². The molecule has 0 saturated carbocycles. The fraction of sp³-hybridized carbons (Fsp3) is 0.824. The summed E-state index contributed by atoms with van der Waals surface area (Å²) >= 11 is 0. The lowest BCUT2D eigenvalue weighted by Gasteiger charge is -2.08. The molecule has 0 aromatic carbocycles. The van der Waals surface area contributed by atoms with Crippen molar-refractivity contribution in [1.82, 2.24) is 4.57 Å². The molecule has 0 amide bonds. The van der Waals surface area contributed by atoms with E-state index < -0.39 is 0 Å². The average Bonchev–Trinajstić information content (AvgIpc) is 2.89. The van der Waals surface area contributed by atoms with Crippen LogP contribution in [0.15, 0.2) is 18.7 Å².